The predicted octanol–water partition coefficient (Wildman–Crippen LogP) is 0.563. The summed E-state index contributed by atoms with van der Waals surface area (Å²) in [6.45, 7) is 0. The molecular formula is C7H5N4O2S2-. The summed E-state index contributed by atoms with van der Waals surface area (Å²) in [5, 5.41) is 9.94. The Bertz CT molecular complexity index is 562. The van der Waals surface area contributed by atoms with E-state index in [2.05, 4.69) is 15.4 Å². The fourth-order valence-corrected chi connectivity index (χ4v) is 1.59. The average Bonchev–Trinajstić information content (AvgIpc) is 2.65. The van der Waals surface area contributed by atoms with Gasteiger partial charge in [0, 0.05) is 4.90 Å². The molecule has 2 aromatic rings. The first-order chi connectivity index (χ1) is 7.16. The molecule has 0 saturated heterocycles. The van der Waals surface area contributed by atoms with Crippen LogP contribution >= 0.6 is 12.2 Å². The van der Waals surface area contributed by atoms with Crippen molar-refractivity contribution in [3.63, 3.8) is 0 Å². The Morgan fingerprint density at radius 3 is 2.93 bits per heavy atom. The van der Waals surface area contributed by atoms with E-state index in [-0.39, 0.29) is 9.67 Å². The SMILES string of the molecule is O=S([O-])c1cccc(-n2nnc(=S)[nH]2)c1. The van der Waals surface area contributed by atoms with Gasteiger partial charge in [-0.05, 0) is 46.7 Å². The zero-order valence-corrected chi connectivity index (χ0v) is 8.92. The number of benzene rings is 1. The first-order valence-electron chi connectivity index (χ1n) is 3.88. The molecule has 1 N–H and O–H groups in total. The lowest BCUT2D eigenvalue weighted by atomic mass is 10.3. The molecule has 8 heteroatoms. The molecule has 0 aliphatic carbocycles. The first-order valence-corrected chi connectivity index (χ1v) is 5.37. The number of aromatic nitrogens is 4. The number of hydrogen-bond donors (Lipinski definition) is 1. The van der Waals surface area contributed by atoms with Crippen LogP contribution < -0.4 is 0 Å². The minimum Gasteiger partial charge on any atom is -0.768 e. The van der Waals surface area contributed by atoms with Crippen molar-refractivity contribution in [3.8, 4) is 5.69 Å². The van der Waals surface area contributed by atoms with Crippen LogP contribution in [0.2, 0.25) is 0 Å². The molecule has 0 fully saturated rings. The van der Waals surface area contributed by atoms with Crippen molar-refractivity contribution in [1.29, 1.82) is 0 Å². The van der Waals surface area contributed by atoms with Crippen molar-refractivity contribution in [2.75, 3.05) is 0 Å². The average molecular weight is 241 g/mol. The Hall–Kier alpha value is -1.38. The number of tetrazole rings is 1. The van der Waals surface area contributed by atoms with E-state index in [1.54, 1.807) is 12.1 Å². The van der Waals surface area contributed by atoms with Crippen LogP contribution in [0.15, 0.2) is 29.2 Å². The standard InChI is InChI=1S/C7H6N4O2S2/c12-15(13)6-3-1-2-5(4-6)11-9-7(14)8-10-11/h1-4H,(H,9,14)(H,12,13)/p-1. The molecular weight excluding hydrogens is 236 g/mol. The van der Waals surface area contributed by atoms with E-state index in [9.17, 15) is 8.76 Å². The summed E-state index contributed by atoms with van der Waals surface area (Å²) in [4.78, 5) is 1.49. The van der Waals surface area contributed by atoms with Crippen molar-refractivity contribution in [3.05, 3.63) is 29.0 Å². The Balaban J connectivity index is 2.49. The number of nitrogens with zero attached hydrogens (tertiary/aromatic N) is 3. The van der Waals surface area contributed by atoms with E-state index in [1.807, 2.05) is 0 Å². The summed E-state index contributed by atoms with van der Waals surface area (Å²) in [7, 11) is 0. The van der Waals surface area contributed by atoms with Crippen LogP contribution in [0.4, 0.5) is 0 Å². The molecule has 78 valence electrons. The van der Waals surface area contributed by atoms with E-state index < -0.39 is 11.1 Å². The van der Waals surface area contributed by atoms with Gasteiger partial charge in [0.2, 0.25) is 4.77 Å². The van der Waals surface area contributed by atoms with Gasteiger partial charge in [0.05, 0.1) is 5.69 Å². The van der Waals surface area contributed by atoms with E-state index >= 15 is 0 Å². The molecule has 1 aromatic heterocycles. The van der Waals surface area contributed by atoms with Crippen molar-refractivity contribution in [1.82, 2.24) is 20.2 Å². The molecule has 0 spiro atoms. The molecule has 6 nitrogen and oxygen atoms in total. The van der Waals surface area contributed by atoms with E-state index in [4.69, 9.17) is 12.2 Å². The monoisotopic (exact) mass is 241 g/mol. The highest BCUT2D eigenvalue weighted by atomic mass is 32.2. The molecule has 0 amide bonds. The third-order valence-electron chi connectivity index (χ3n) is 1.68. The van der Waals surface area contributed by atoms with Crippen LogP contribution in [0.25, 0.3) is 5.69 Å². The summed E-state index contributed by atoms with van der Waals surface area (Å²) in [6.07, 6.45) is 0. The molecule has 0 radical (unpaired) electrons. The van der Waals surface area contributed by atoms with Gasteiger partial charge in [-0.1, -0.05) is 11.2 Å². The van der Waals surface area contributed by atoms with E-state index in [0.717, 1.165) is 0 Å². The van der Waals surface area contributed by atoms with Crippen LogP contribution in [0.1, 0.15) is 0 Å². The first kappa shape index (κ1) is 10.1. The zero-order valence-electron chi connectivity index (χ0n) is 7.28. The van der Waals surface area contributed by atoms with Crippen molar-refractivity contribution < 1.29 is 8.76 Å². The van der Waals surface area contributed by atoms with E-state index in [0.29, 0.717) is 5.69 Å². The second kappa shape index (κ2) is 4.01. The van der Waals surface area contributed by atoms with Gasteiger partial charge in [-0.15, -0.1) is 0 Å². The van der Waals surface area contributed by atoms with Crippen LogP contribution in [0.3, 0.4) is 0 Å². The van der Waals surface area contributed by atoms with Gasteiger partial charge in [0.1, 0.15) is 0 Å². The quantitative estimate of drug-likeness (QED) is 0.613. The number of hydrogen-bond acceptors (Lipinski definition) is 5. The van der Waals surface area contributed by atoms with Gasteiger partial charge < -0.3 is 4.55 Å². The van der Waals surface area contributed by atoms with Gasteiger partial charge >= 0.3 is 0 Å². The normalized spacial score (nSPS) is 12.6. The minimum atomic E-state index is -2.26. The molecule has 15 heavy (non-hydrogen) atoms. The maximum Gasteiger partial charge on any atom is 0.236 e. The Morgan fingerprint density at radius 1 is 1.53 bits per heavy atom. The Kier molecular flexibility index (Phi) is 2.71. The topological polar surface area (TPSA) is 86.6 Å². The number of rotatable bonds is 2. The summed E-state index contributed by atoms with van der Waals surface area (Å²) in [5.74, 6) is 0. The van der Waals surface area contributed by atoms with Gasteiger partial charge in [-0.25, -0.2) is 5.10 Å². The molecule has 1 heterocycles. The van der Waals surface area contributed by atoms with Crippen LogP contribution in [-0.4, -0.2) is 29.0 Å². The van der Waals surface area contributed by atoms with Crippen molar-refractivity contribution in [2.45, 2.75) is 4.90 Å². The van der Waals surface area contributed by atoms with Gasteiger partial charge in [0.15, 0.2) is 0 Å². The molecule has 0 aliphatic rings. The number of aromatic amines is 1. The second-order valence-corrected chi connectivity index (χ2v) is 3.98. The fraction of sp³-hybridized carbons (Fsp3) is 0. The van der Waals surface area contributed by atoms with E-state index in [1.165, 1.54) is 16.9 Å². The molecule has 1 atom stereocenters. The second-order valence-electron chi connectivity index (χ2n) is 2.65. The lowest BCUT2D eigenvalue weighted by Crippen LogP contribution is -2.00. The van der Waals surface area contributed by atoms with Gasteiger partial charge in [0.25, 0.3) is 0 Å². The van der Waals surface area contributed by atoms with Crippen LogP contribution in [-0.2, 0) is 11.1 Å². The maximum atomic E-state index is 10.7. The summed E-state index contributed by atoms with van der Waals surface area (Å²) in [6, 6.07) is 6.25. The zero-order chi connectivity index (χ0) is 10.8. The summed E-state index contributed by atoms with van der Waals surface area (Å²) >= 11 is 2.49. The lowest BCUT2D eigenvalue weighted by Gasteiger charge is -2.06. The largest absolute Gasteiger partial charge is 0.768 e. The predicted molar refractivity (Wildman–Crippen MR) is 53.7 cm³/mol. The lowest BCUT2D eigenvalue weighted by molar-refractivity contribution is 0.537. The third-order valence-corrected chi connectivity index (χ3v) is 2.49. The summed E-state index contributed by atoms with van der Waals surface area (Å²) < 4.78 is 21.7. The van der Waals surface area contributed by atoms with Crippen molar-refractivity contribution in [2.24, 2.45) is 0 Å². The highest BCUT2D eigenvalue weighted by molar-refractivity contribution is 7.79. The Labute approximate surface area is 92.2 Å². The summed E-state index contributed by atoms with van der Waals surface area (Å²) in [5.41, 5.74) is 0.556. The molecule has 0 aliphatic heterocycles. The highest BCUT2D eigenvalue weighted by Crippen LogP contribution is 2.10. The number of nitrogens with one attached hydrogen (secondary N) is 1. The molecule has 0 saturated carbocycles. The molecule has 2 rings (SSSR count). The van der Waals surface area contributed by atoms with Gasteiger partial charge in [-0.3, -0.25) is 4.21 Å². The smallest absolute Gasteiger partial charge is 0.236 e. The fourth-order valence-electron chi connectivity index (χ4n) is 1.06. The van der Waals surface area contributed by atoms with Crippen molar-refractivity contribution >= 4 is 23.3 Å². The Morgan fingerprint density at radius 2 is 2.33 bits per heavy atom. The van der Waals surface area contributed by atoms with Crippen LogP contribution in [0.5, 0.6) is 0 Å². The molecule has 1 aromatic carbocycles. The highest BCUT2D eigenvalue weighted by Gasteiger charge is 1.99. The molecule has 0 bridgehead atoms. The molecule has 1 unspecified atom stereocenters. The minimum absolute atomic E-state index is 0.183. The third kappa shape index (κ3) is 2.17. The maximum absolute atomic E-state index is 10.7. The van der Waals surface area contributed by atoms with Crippen LogP contribution in [0, 0.1) is 4.77 Å². The van der Waals surface area contributed by atoms with Gasteiger partial charge in [-0.2, -0.15) is 4.80 Å². The number of H-pyrrole nitrogens is 1.